The fourth-order valence-corrected chi connectivity index (χ4v) is 1.80. The first kappa shape index (κ1) is 14.6. The summed E-state index contributed by atoms with van der Waals surface area (Å²) in [7, 11) is 0. The highest BCUT2D eigenvalue weighted by Gasteiger charge is 2.12. The van der Waals surface area contributed by atoms with Gasteiger partial charge in [0.1, 0.15) is 12.4 Å². The number of hydrogen-bond acceptors (Lipinski definition) is 2. The predicted molar refractivity (Wildman–Crippen MR) is 74.3 cm³/mol. The molecule has 0 fully saturated rings. The molecule has 4 heteroatoms. The molecule has 0 heterocycles. The second kappa shape index (κ2) is 6.48. The van der Waals surface area contributed by atoms with Crippen molar-refractivity contribution in [2.24, 2.45) is 0 Å². The SMILES string of the molecule is CCC(C)(C)NCCOc1cc(Cl)cc(Cl)c1. The molecule has 0 unspecified atom stereocenters. The first-order chi connectivity index (χ1) is 7.93. The van der Waals surface area contributed by atoms with Crippen LogP contribution in [0.4, 0.5) is 0 Å². The van der Waals surface area contributed by atoms with Crippen LogP contribution in [0.1, 0.15) is 27.2 Å². The van der Waals surface area contributed by atoms with Gasteiger partial charge >= 0.3 is 0 Å². The van der Waals surface area contributed by atoms with E-state index in [1.807, 2.05) is 0 Å². The van der Waals surface area contributed by atoms with Crippen molar-refractivity contribution in [3.05, 3.63) is 28.2 Å². The van der Waals surface area contributed by atoms with Gasteiger partial charge in [0.05, 0.1) is 0 Å². The molecular weight excluding hydrogens is 257 g/mol. The highest BCUT2D eigenvalue weighted by Crippen LogP contribution is 2.23. The second-order valence-corrected chi connectivity index (χ2v) is 5.49. The lowest BCUT2D eigenvalue weighted by atomic mass is 10.0. The summed E-state index contributed by atoms with van der Waals surface area (Å²) in [6.07, 6.45) is 1.08. The molecule has 0 saturated heterocycles. The van der Waals surface area contributed by atoms with E-state index in [4.69, 9.17) is 27.9 Å². The van der Waals surface area contributed by atoms with Crippen LogP contribution in [0.5, 0.6) is 5.75 Å². The highest BCUT2D eigenvalue weighted by molar-refractivity contribution is 6.34. The standard InChI is InChI=1S/C13H19Cl2NO/c1-4-13(2,3)16-5-6-17-12-8-10(14)7-11(15)9-12/h7-9,16H,4-6H2,1-3H3. The Morgan fingerprint density at radius 1 is 1.18 bits per heavy atom. The van der Waals surface area contributed by atoms with Crippen LogP contribution in [0, 0.1) is 0 Å². The van der Waals surface area contributed by atoms with Crippen LogP contribution in [-0.4, -0.2) is 18.7 Å². The second-order valence-electron chi connectivity index (χ2n) is 4.62. The van der Waals surface area contributed by atoms with Crippen molar-refractivity contribution in [2.75, 3.05) is 13.2 Å². The molecule has 0 radical (unpaired) electrons. The maximum atomic E-state index is 5.88. The van der Waals surface area contributed by atoms with Crippen LogP contribution < -0.4 is 10.1 Å². The molecule has 0 atom stereocenters. The minimum Gasteiger partial charge on any atom is -0.492 e. The van der Waals surface area contributed by atoms with Crippen molar-refractivity contribution in [3.8, 4) is 5.75 Å². The lowest BCUT2D eigenvalue weighted by Gasteiger charge is -2.24. The summed E-state index contributed by atoms with van der Waals surface area (Å²) in [4.78, 5) is 0. The number of benzene rings is 1. The van der Waals surface area contributed by atoms with Gasteiger partial charge in [-0.15, -0.1) is 0 Å². The van der Waals surface area contributed by atoms with E-state index in [9.17, 15) is 0 Å². The highest BCUT2D eigenvalue weighted by atomic mass is 35.5. The van der Waals surface area contributed by atoms with Gasteiger partial charge in [-0.2, -0.15) is 0 Å². The van der Waals surface area contributed by atoms with E-state index in [2.05, 4.69) is 26.1 Å². The largest absolute Gasteiger partial charge is 0.492 e. The van der Waals surface area contributed by atoms with Crippen molar-refractivity contribution in [1.29, 1.82) is 0 Å². The zero-order chi connectivity index (χ0) is 12.9. The Morgan fingerprint density at radius 2 is 1.76 bits per heavy atom. The molecule has 0 bridgehead atoms. The molecule has 0 aliphatic heterocycles. The molecule has 1 aromatic rings. The third kappa shape index (κ3) is 5.62. The van der Waals surface area contributed by atoms with Gasteiger partial charge in [-0.05, 0) is 38.5 Å². The molecule has 96 valence electrons. The minimum absolute atomic E-state index is 0.148. The van der Waals surface area contributed by atoms with Gasteiger partial charge in [-0.1, -0.05) is 30.1 Å². The van der Waals surface area contributed by atoms with Crippen LogP contribution in [-0.2, 0) is 0 Å². The zero-order valence-electron chi connectivity index (χ0n) is 10.5. The lowest BCUT2D eigenvalue weighted by Crippen LogP contribution is -2.40. The fraction of sp³-hybridized carbons (Fsp3) is 0.538. The van der Waals surface area contributed by atoms with E-state index >= 15 is 0 Å². The quantitative estimate of drug-likeness (QED) is 0.788. The Bertz CT molecular complexity index is 346. The number of halogens is 2. The summed E-state index contributed by atoms with van der Waals surface area (Å²) in [6, 6.07) is 5.21. The predicted octanol–water partition coefficient (Wildman–Crippen LogP) is 4.15. The fourth-order valence-electron chi connectivity index (χ4n) is 1.30. The van der Waals surface area contributed by atoms with Gasteiger partial charge in [0, 0.05) is 22.1 Å². The van der Waals surface area contributed by atoms with Crippen molar-refractivity contribution in [3.63, 3.8) is 0 Å². The Labute approximate surface area is 113 Å². The van der Waals surface area contributed by atoms with Crippen LogP contribution in [0.2, 0.25) is 10.0 Å². The summed E-state index contributed by atoms with van der Waals surface area (Å²) in [6.45, 7) is 7.89. The Balaban J connectivity index is 2.36. The summed E-state index contributed by atoms with van der Waals surface area (Å²) < 4.78 is 5.58. The molecule has 1 rings (SSSR count). The molecule has 1 N–H and O–H groups in total. The Morgan fingerprint density at radius 3 is 2.29 bits per heavy atom. The average molecular weight is 276 g/mol. The Hall–Kier alpha value is -0.440. The summed E-state index contributed by atoms with van der Waals surface area (Å²) in [5.74, 6) is 0.707. The first-order valence-electron chi connectivity index (χ1n) is 5.77. The topological polar surface area (TPSA) is 21.3 Å². The number of hydrogen-bond donors (Lipinski definition) is 1. The van der Waals surface area contributed by atoms with Crippen LogP contribution in [0.25, 0.3) is 0 Å². The van der Waals surface area contributed by atoms with E-state index in [0.29, 0.717) is 22.4 Å². The molecule has 2 nitrogen and oxygen atoms in total. The molecule has 0 aromatic heterocycles. The van der Waals surface area contributed by atoms with Gasteiger partial charge < -0.3 is 10.1 Å². The molecular formula is C13H19Cl2NO. The molecule has 0 amide bonds. The molecule has 0 aliphatic carbocycles. The Kier molecular flexibility index (Phi) is 5.57. The third-order valence-electron chi connectivity index (χ3n) is 2.69. The molecule has 0 saturated carbocycles. The number of nitrogens with one attached hydrogen (secondary N) is 1. The summed E-state index contributed by atoms with van der Waals surface area (Å²) >= 11 is 11.8. The monoisotopic (exact) mass is 275 g/mol. The summed E-state index contributed by atoms with van der Waals surface area (Å²) in [5.41, 5.74) is 0.148. The van der Waals surface area contributed by atoms with E-state index in [0.717, 1.165) is 13.0 Å². The average Bonchev–Trinajstić information content (AvgIpc) is 2.23. The minimum atomic E-state index is 0.148. The van der Waals surface area contributed by atoms with Crippen molar-refractivity contribution in [1.82, 2.24) is 5.32 Å². The van der Waals surface area contributed by atoms with Crippen LogP contribution in [0.15, 0.2) is 18.2 Å². The molecule has 1 aromatic carbocycles. The van der Waals surface area contributed by atoms with Gasteiger partial charge in [0.15, 0.2) is 0 Å². The van der Waals surface area contributed by atoms with E-state index in [1.54, 1.807) is 18.2 Å². The molecule has 0 aliphatic rings. The maximum Gasteiger partial charge on any atom is 0.122 e. The van der Waals surface area contributed by atoms with E-state index in [-0.39, 0.29) is 5.54 Å². The van der Waals surface area contributed by atoms with Gasteiger partial charge in [-0.25, -0.2) is 0 Å². The van der Waals surface area contributed by atoms with E-state index < -0.39 is 0 Å². The zero-order valence-corrected chi connectivity index (χ0v) is 12.0. The van der Waals surface area contributed by atoms with Crippen LogP contribution >= 0.6 is 23.2 Å². The smallest absolute Gasteiger partial charge is 0.122 e. The van der Waals surface area contributed by atoms with Crippen LogP contribution in [0.3, 0.4) is 0 Å². The summed E-state index contributed by atoms with van der Waals surface area (Å²) in [5, 5.41) is 4.60. The van der Waals surface area contributed by atoms with Gasteiger partial charge in [-0.3, -0.25) is 0 Å². The van der Waals surface area contributed by atoms with E-state index in [1.165, 1.54) is 0 Å². The number of ether oxygens (including phenoxy) is 1. The normalized spacial score (nSPS) is 11.6. The number of rotatable bonds is 6. The molecule has 0 spiro atoms. The maximum absolute atomic E-state index is 5.88. The van der Waals surface area contributed by atoms with Crippen molar-refractivity contribution in [2.45, 2.75) is 32.7 Å². The lowest BCUT2D eigenvalue weighted by molar-refractivity contribution is 0.281. The first-order valence-corrected chi connectivity index (χ1v) is 6.52. The molecule has 17 heavy (non-hydrogen) atoms. The van der Waals surface area contributed by atoms with Crippen molar-refractivity contribution >= 4 is 23.2 Å². The van der Waals surface area contributed by atoms with Crippen molar-refractivity contribution < 1.29 is 4.74 Å². The third-order valence-corrected chi connectivity index (χ3v) is 3.13. The van der Waals surface area contributed by atoms with Gasteiger partial charge in [0.2, 0.25) is 0 Å². The van der Waals surface area contributed by atoms with Gasteiger partial charge in [0.25, 0.3) is 0 Å².